The predicted octanol–water partition coefficient (Wildman–Crippen LogP) is 6.22. The second kappa shape index (κ2) is 8.14. The molecule has 2 aromatic heterocycles. The van der Waals surface area contributed by atoms with Gasteiger partial charge < -0.3 is 5.32 Å². The number of hydrogen-bond acceptors (Lipinski definition) is 4. The van der Waals surface area contributed by atoms with Gasteiger partial charge in [-0.3, -0.25) is 0 Å². The minimum absolute atomic E-state index is 0.0329. The lowest BCUT2D eigenvalue weighted by Gasteiger charge is -2.16. The zero-order valence-corrected chi connectivity index (χ0v) is 16.1. The summed E-state index contributed by atoms with van der Waals surface area (Å²) in [5, 5.41) is 2.04. The molecule has 3 aromatic rings. The third-order valence-corrected chi connectivity index (χ3v) is 4.28. The Morgan fingerprint density at radius 2 is 1.71 bits per heavy atom. The van der Waals surface area contributed by atoms with Gasteiger partial charge in [-0.05, 0) is 37.6 Å². The van der Waals surface area contributed by atoms with Gasteiger partial charge in [0.25, 0.3) is 0 Å². The molecule has 0 saturated heterocycles. The third-order valence-electron chi connectivity index (χ3n) is 4.00. The van der Waals surface area contributed by atoms with Crippen molar-refractivity contribution in [3.8, 4) is 11.5 Å². The number of hydrogen-bond donors (Lipinski definition) is 1. The lowest BCUT2D eigenvalue weighted by Crippen LogP contribution is -2.13. The Morgan fingerprint density at radius 3 is 2.36 bits per heavy atom. The van der Waals surface area contributed by atoms with Gasteiger partial charge in [0, 0.05) is 11.4 Å². The monoisotopic (exact) mass is 406 g/mol. The summed E-state index contributed by atoms with van der Waals surface area (Å²) in [6.07, 6.45) is -3.07. The summed E-state index contributed by atoms with van der Waals surface area (Å²) in [5.41, 5.74) is 1.52. The van der Waals surface area contributed by atoms with E-state index in [9.17, 15) is 13.2 Å². The lowest BCUT2D eigenvalue weighted by atomic mass is 10.2. The van der Waals surface area contributed by atoms with Crippen molar-refractivity contribution >= 4 is 23.1 Å². The van der Waals surface area contributed by atoms with Crippen LogP contribution in [0.25, 0.3) is 11.5 Å². The van der Waals surface area contributed by atoms with Crippen molar-refractivity contribution in [3.63, 3.8) is 0 Å². The maximum absolute atomic E-state index is 13.6. The van der Waals surface area contributed by atoms with Crippen molar-refractivity contribution in [2.45, 2.75) is 32.9 Å². The summed E-state index contributed by atoms with van der Waals surface area (Å²) in [5.74, 6) is -0.375. The average molecular weight is 407 g/mol. The molecular formula is C20H18ClF3N4. The van der Waals surface area contributed by atoms with Crippen LogP contribution < -0.4 is 5.32 Å². The van der Waals surface area contributed by atoms with Crippen molar-refractivity contribution < 1.29 is 13.2 Å². The first-order valence-corrected chi connectivity index (χ1v) is 9.10. The van der Waals surface area contributed by atoms with Crippen LogP contribution >= 0.6 is 11.6 Å². The topological polar surface area (TPSA) is 50.7 Å². The molecule has 0 aliphatic rings. The maximum Gasteiger partial charge on any atom is 0.422 e. The fourth-order valence-electron chi connectivity index (χ4n) is 2.66. The van der Waals surface area contributed by atoms with E-state index in [1.54, 1.807) is 36.4 Å². The molecule has 0 unspecified atom stereocenters. The number of alkyl halides is 3. The fourth-order valence-corrected chi connectivity index (χ4v) is 2.94. The van der Waals surface area contributed by atoms with Crippen molar-refractivity contribution in [3.05, 3.63) is 64.4 Å². The Hall–Kier alpha value is -2.67. The smallest absolute Gasteiger partial charge is 0.340 e. The van der Waals surface area contributed by atoms with Crippen LogP contribution in [0.4, 0.5) is 24.7 Å². The molecule has 0 fully saturated rings. The molecule has 0 atom stereocenters. The van der Waals surface area contributed by atoms with Gasteiger partial charge in [0.1, 0.15) is 22.2 Å². The molecule has 0 spiro atoms. The first-order valence-electron chi connectivity index (χ1n) is 8.72. The Bertz CT molecular complexity index is 972. The van der Waals surface area contributed by atoms with Crippen molar-refractivity contribution in [1.29, 1.82) is 0 Å². The third kappa shape index (κ3) is 4.59. The van der Waals surface area contributed by atoms with E-state index in [2.05, 4.69) is 20.3 Å². The SMILES string of the molecule is CCCc1cccc(-c2nc(Cl)c(C(F)(F)F)c(Nc3ccc(C)cc3)n2)n1. The van der Waals surface area contributed by atoms with Crippen LogP contribution in [0, 0.1) is 6.92 Å². The van der Waals surface area contributed by atoms with Gasteiger partial charge in [0.05, 0.1) is 0 Å². The molecular weight excluding hydrogens is 389 g/mol. The zero-order chi connectivity index (χ0) is 20.3. The highest BCUT2D eigenvalue weighted by atomic mass is 35.5. The summed E-state index contributed by atoms with van der Waals surface area (Å²) in [7, 11) is 0. The van der Waals surface area contributed by atoms with Crippen LogP contribution in [0.2, 0.25) is 5.15 Å². The van der Waals surface area contributed by atoms with Gasteiger partial charge in [0.2, 0.25) is 0 Å². The molecule has 3 rings (SSSR count). The molecule has 0 radical (unpaired) electrons. The zero-order valence-electron chi connectivity index (χ0n) is 15.3. The molecule has 4 nitrogen and oxygen atoms in total. The van der Waals surface area contributed by atoms with Crippen LogP contribution in [0.1, 0.15) is 30.2 Å². The van der Waals surface area contributed by atoms with E-state index in [1.807, 2.05) is 19.9 Å². The largest absolute Gasteiger partial charge is 0.422 e. The van der Waals surface area contributed by atoms with E-state index >= 15 is 0 Å². The van der Waals surface area contributed by atoms with Crippen molar-refractivity contribution in [2.75, 3.05) is 5.32 Å². The molecule has 0 amide bonds. The van der Waals surface area contributed by atoms with E-state index in [-0.39, 0.29) is 5.82 Å². The van der Waals surface area contributed by atoms with Crippen LogP contribution in [0.15, 0.2) is 42.5 Å². The highest BCUT2D eigenvalue weighted by molar-refractivity contribution is 6.30. The van der Waals surface area contributed by atoms with E-state index in [4.69, 9.17) is 11.6 Å². The molecule has 2 heterocycles. The van der Waals surface area contributed by atoms with Gasteiger partial charge in [-0.15, -0.1) is 0 Å². The fraction of sp³-hybridized carbons (Fsp3) is 0.250. The molecule has 0 aliphatic carbocycles. The number of halogens is 4. The number of benzene rings is 1. The second-order valence-corrected chi connectivity index (χ2v) is 6.67. The molecule has 8 heteroatoms. The van der Waals surface area contributed by atoms with Gasteiger partial charge in [-0.2, -0.15) is 13.2 Å². The van der Waals surface area contributed by atoms with E-state index < -0.39 is 22.7 Å². The number of aromatic nitrogens is 3. The highest BCUT2D eigenvalue weighted by Crippen LogP contribution is 2.40. The Morgan fingerprint density at radius 1 is 1.00 bits per heavy atom. The Labute approximate surface area is 165 Å². The minimum atomic E-state index is -4.71. The number of nitrogens with one attached hydrogen (secondary N) is 1. The number of nitrogens with zero attached hydrogens (tertiary/aromatic N) is 3. The summed E-state index contributed by atoms with van der Waals surface area (Å²) in [4.78, 5) is 12.4. The molecule has 146 valence electrons. The predicted molar refractivity (Wildman–Crippen MR) is 104 cm³/mol. The van der Waals surface area contributed by atoms with Crippen LogP contribution in [0.3, 0.4) is 0 Å². The second-order valence-electron chi connectivity index (χ2n) is 6.31. The normalized spacial score (nSPS) is 11.5. The minimum Gasteiger partial charge on any atom is -0.340 e. The van der Waals surface area contributed by atoms with Crippen LogP contribution in [-0.4, -0.2) is 15.0 Å². The molecule has 1 N–H and O–H groups in total. The standard InChI is InChI=1S/C20H18ClF3N4/c1-3-5-13-6-4-7-15(25-13)18-27-17(21)16(20(22,23)24)19(28-18)26-14-10-8-12(2)9-11-14/h4,6-11H,3,5H2,1-2H3,(H,26,27,28). The number of aryl methyl sites for hydroxylation is 2. The molecule has 0 aliphatic heterocycles. The average Bonchev–Trinajstić information content (AvgIpc) is 2.62. The first kappa shape index (κ1) is 20.1. The Kier molecular flexibility index (Phi) is 5.84. The van der Waals surface area contributed by atoms with E-state index in [0.717, 1.165) is 24.1 Å². The Balaban J connectivity index is 2.10. The molecule has 1 aromatic carbocycles. The van der Waals surface area contributed by atoms with E-state index in [1.165, 1.54) is 0 Å². The van der Waals surface area contributed by atoms with Crippen LogP contribution in [0.5, 0.6) is 0 Å². The summed E-state index contributed by atoms with van der Waals surface area (Å²) < 4.78 is 40.7. The molecule has 28 heavy (non-hydrogen) atoms. The summed E-state index contributed by atoms with van der Waals surface area (Å²) in [6, 6.07) is 12.2. The first-order chi connectivity index (χ1) is 13.3. The number of rotatable bonds is 5. The maximum atomic E-state index is 13.6. The number of anilines is 2. The number of pyridine rings is 1. The van der Waals surface area contributed by atoms with Gasteiger partial charge in [-0.1, -0.05) is 48.7 Å². The van der Waals surface area contributed by atoms with E-state index in [0.29, 0.717) is 11.4 Å². The summed E-state index contributed by atoms with van der Waals surface area (Å²) in [6.45, 7) is 3.91. The van der Waals surface area contributed by atoms with Gasteiger partial charge in [-0.25, -0.2) is 15.0 Å². The van der Waals surface area contributed by atoms with Crippen molar-refractivity contribution in [1.82, 2.24) is 15.0 Å². The van der Waals surface area contributed by atoms with Crippen molar-refractivity contribution in [2.24, 2.45) is 0 Å². The highest BCUT2D eigenvalue weighted by Gasteiger charge is 2.38. The van der Waals surface area contributed by atoms with Gasteiger partial charge in [0.15, 0.2) is 5.82 Å². The molecule has 0 bridgehead atoms. The quantitative estimate of drug-likeness (QED) is 0.511. The lowest BCUT2D eigenvalue weighted by molar-refractivity contribution is -0.137. The molecule has 0 saturated carbocycles. The van der Waals surface area contributed by atoms with Gasteiger partial charge >= 0.3 is 6.18 Å². The summed E-state index contributed by atoms with van der Waals surface area (Å²) >= 11 is 5.92. The van der Waals surface area contributed by atoms with Crippen LogP contribution in [-0.2, 0) is 12.6 Å².